The minimum Gasteiger partial charge on any atom is -0.468 e. The number of fused-ring (bicyclic) bond motifs is 1. The quantitative estimate of drug-likeness (QED) is 0.723. The van der Waals surface area contributed by atoms with Gasteiger partial charge in [-0.2, -0.15) is 18.3 Å². The Morgan fingerprint density at radius 3 is 2.65 bits per heavy atom. The normalized spacial score (nSPS) is 11.9. The van der Waals surface area contributed by atoms with E-state index in [-0.39, 0.29) is 12.4 Å². The summed E-state index contributed by atoms with van der Waals surface area (Å²) in [5.41, 5.74) is 3.03. The molecule has 6 nitrogen and oxygen atoms in total. The average molecular weight is 367 g/mol. The fourth-order valence-electron chi connectivity index (χ4n) is 2.91. The summed E-state index contributed by atoms with van der Waals surface area (Å²) in [7, 11) is 1.56. The average Bonchev–Trinajstić information content (AvgIpc) is 3.06. The van der Waals surface area contributed by atoms with Crippen LogP contribution in [0.2, 0.25) is 0 Å². The molecule has 0 unspecified atom stereocenters. The number of anilines is 1. The van der Waals surface area contributed by atoms with E-state index in [9.17, 15) is 13.2 Å². The zero-order valence-corrected chi connectivity index (χ0v) is 14.8. The summed E-state index contributed by atoms with van der Waals surface area (Å²) in [5.74, 6) is 0.755. The summed E-state index contributed by atoms with van der Waals surface area (Å²) in [6, 6.07) is 7.74. The summed E-state index contributed by atoms with van der Waals surface area (Å²) in [5, 5.41) is 7.37. The predicted octanol–water partition coefficient (Wildman–Crippen LogP) is 3.65. The molecular weight excluding hydrogens is 347 g/mol. The van der Waals surface area contributed by atoms with Crippen molar-refractivity contribution in [3.63, 3.8) is 0 Å². The van der Waals surface area contributed by atoms with E-state index in [1.54, 1.807) is 14.0 Å². The molecule has 0 spiro atoms. The molecule has 3 rings (SSSR count). The first kappa shape index (κ1) is 18.1. The van der Waals surface area contributed by atoms with Gasteiger partial charge in [-0.15, -0.1) is 0 Å². The van der Waals surface area contributed by atoms with Crippen LogP contribution in [0.5, 0.6) is 5.88 Å². The highest BCUT2D eigenvalue weighted by Gasteiger charge is 2.30. The van der Waals surface area contributed by atoms with E-state index in [2.05, 4.69) is 15.4 Å². The van der Waals surface area contributed by atoms with Gasteiger partial charge >= 0.3 is 6.18 Å². The van der Waals surface area contributed by atoms with Crippen LogP contribution in [0.15, 0.2) is 24.3 Å². The minimum absolute atomic E-state index is 0.103. The third kappa shape index (κ3) is 3.61. The molecule has 0 atom stereocenters. The Morgan fingerprint density at radius 1 is 1.23 bits per heavy atom. The van der Waals surface area contributed by atoms with Gasteiger partial charge in [0.15, 0.2) is 6.61 Å². The molecule has 0 radical (unpaired) electrons. The Hall–Kier alpha value is -2.71. The fourth-order valence-corrected chi connectivity index (χ4v) is 2.91. The summed E-state index contributed by atoms with van der Waals surface area (Å²) < 4.78 is 45.8. The van der Waals surface area contributed by atoms with Crippen LogP contribution in [0, 0.1) is 6.92 Å². The molecule has 0 aliphatic carbocycles. The Labute approximate surface area is 148 Å². The number of aryl methyl sites for hydroxylation is 3. The number of benzene rings is 1. The largest absolute Gasteiger partial charge is 0.468 e. The maximum atomic E-state index is 12.5. The van der Waals surface area contributed by atoms with E-state index < -0.39 is 12.8 Å². The molecule has 0 aliphatic heterocycles. The highest BCUT2D eigenvalue weighted by Crippen LogP contribution is 2.26. The van der Waals surface area contributed by atoms with Gasteiger partial charge in [-0.05, 0) is 26.0 Å². The van der Waals surface area contributed by atoms with Crippen LogP contribution >= 0.6 is 0 Å². The number of para-hydroxylation sites is 2. The van der Waals surface area contributed by atoms with Gasteiger partial charge in [0.2, 0.25) is 11.8 Å². The van der Waals surface area contributed by atoms with Crippen molar-refractivity contribution in [1.29, 1.82) is 0 Å². The highest BCUT2D eigenvalue weighted by atomic mass is 19.4. The van der Waals surface area contributed by atoms with Crippen molar-refractivity contribution < 1.29 is 17.9 Å². The highest BCUT2D eigenvalue weighted by molar-refractivity contribution is 5.78. The molecule has 2 aromatic heterocycles. The lowest BCUT2D eigenvalue weighted by atomic mass is 10.2. The molecule has 9 heteroatoms. The van der Waals surface area contributed by atoms with Crippen molar-refractivity contribution in [2.75, 3.05) is 11.9 Å². The van der Waals surface area contributed by atoms with Gasteiger partial charge in [-0.25, -0.2) is 9.67 Å². The van der Waals surface area contributed by atoms with Gasteiger partial charge in [-0.1, -0.05) is 12.1 Å². The molecule has 0 saturated carbocycles. The number of rotatable bonds is 6. The summed E-state index contributed by atoms with van der Waals surface area (Å²) in [4.78, 5) is 4.55. The summed E-state index contributed by atoms with van der Waals surface area (Å²) >= 11 is 0. The van der Waals surface area contributed by atoms with Crippen LogP contribution in [-0.4, -0.2) is 32.1 Å². The Morgan fingerprint density at radius 2 is 1.96 bits per heavy atom. The van der Waals surface area contributed by atoms with Gasteiger partial charge in [0.25, 0.3) is 0 Å². The topological polar surface area (TPSA) is 56.9 Å². The number of ether oxygens (including phenoxy) is 1. The summed E-state index contributed by atoms with van der Waals surface area (Å²) in [6.45, 7) is 3.36. The number of hydrogen-bond donors (Lipinski definition) is 1. The number of halogens is 3. The third-order valence-electron chi connectivity index (χ3n) is 4.06. The number of alkyl halides is 3. The van der Waals surface area contributed by atoms with Crippen LogP contribution < -0.4 is 10.1 Å². The molecular formula is C17H20F3N5O. The van der Waals surface area contributed by atoms with E-state index >= 15 is 0 Å². The van der Waals surface area contributed by atoms with Gasteiger partial charge in [0.05, 0.1) is 28.8 Å². The van der Waals surface area contributed by atoms with Crippen LogP contribution in [0.25, 0.3) is 11.0 Å². The standard InChI is InChI=1S/C17H20F3N5O/c1-4-25-14-8-6-5-7-13(14)22-16(25)21-9-12-11(2)23-24(3)15(12)26-10-17(18,19)20/h5-8H,4,9-10H2,1-3H3,(H,21,22). The smallest absolute Gasteiger partial charge is 0.422 e. The molecule has 2 heterocycles. The van der Waals surface area contributed by atoms with E-state index in [4.69, 9.17) is 4.74 Å². The van der Waals surface area contributed by atoms with E-state index in [0.29, 0.717) is 23.8 Å². The maximum Gasteiger partial charge on any atom is 0.422 e. The van der Waals surface area contributed by atoms with Crippen LogP contribution in [0.1, 0.15) is 18.2 Å². The number of nitrogens with one attached hydrogen (secondary N) is 1. The second-order valence-electron chi connectivity index (χ2n) is 5.92. The third-order valence-corrected chi connectivity index (χ3v) is 4.06. The first-order valence-corrected chi connectivity index (χ1v) is 8.21. The van der Waals surface area contributed by atoms with Gasteiger partial charge in [0.1, 0.15) is 0 Å². The molecule has 26 heavy (non-hydrogen) atoms. The lowest BCUT2D eigenvalue weighted by Gasteiger charge is -2.12. The Balaban J connectivity index is 1.84. The van der Waals surface area contributed by atoms with Crippen molar-refractivity contribution in [1.82, 2.24) is 19.3 Å². The van der Waals surface area contributed by atoms with E-state index in [1.165, 1.54) is 4.68 Å². The molecule has 0 saturated heterocycles. The number of hydrogen-bond acceptors (Lipinski definition) is 4. The van der Waals surface area contributed by atoms with Gasteiger partial charge in [-0.3, -0.25) is 0 Å². The van der Waals surface area contributed by atoms with Gasteiger partial charge in [0, 0.05) is 13.6 Å². The monoisotopic (exact) mass is 367 g/mol. The van der Waals surface area contributed by atoms with E-state index in [1.807, 2.05) is 35.8 Å². The zero-order valence-electron chi connectivity index (χ0n) is 14.8. The predicted molar refractivity (Wildman–Crippen MR) is 92.2 cm³/mol. The Kier molecular flexibility index (Phi) is 4.80. The molecule has 0 aliphatic rings. The van der Waals surface area contributed by atoms with Crippen LogP contribution in [-0.2, 0) is 20.1 Å². The minimum atomic E-state index is -4.40. The summed E-state index contributed by atoms with van der Waals surface area (Å²) in [6.07, 6.45) is -4.40. The number of aromatic nitrogens is 4. The number of nitrogens with zero attached hydrogens (tertiary/aromatic N) is 4. The second-order valence-corrected chi connectivity index (χ2v) is 5.92. The first-order valence-electron chi connectivity index (χ1n) is 8.21. The maximum absolute atomic E-state index is 12.5. The van der Waals surface area contributed by atoms with Gasteiger partial charge < -0.3 is 14.6 Å². The molecule has 0 bridgehead atoms. The Bertz CT molecular complexity index is 913. The fraction of sp³-hybridized carbons (Fsp3) is 0.412. The molecule has 0 amide bonds. The second kappa shape index (κ2) is 6.89. The van der Waals surface area contributed by atoms with Crippen molar-refractivity contribution in [2.45, 2.75) is 33.1 Å². The van der Waals surface area contributed by atoms with Crippen molar-refractivity contribution in [3.05, 3.63) is 35.5 Å². The lowest BCUT2D eigenvalue weighted by Crippen LogP contribution is -2.21. The molecule has 1 aromatic carbocycles. The molecule has 3 aromatic rings. The lowest BCUT2D eigenvalue weighted by molar-refractivity contribution is -0.154. The van der Waals surface area contributed by atoms with E-state index in [0.717, 1.165) is 11.0 Å². The molecule has 0 fully saturated rings. The first-order chi connectivity index (χ1) is 12.3. The SMILES string of the molecule is CCn1c(NCc2c(C)nn(C)c2OCC(F)(F)F)nc2ccccc21. The van der Waals surface area contributed by atoms with Crippen molar-refractivity contribution >= 4 is 17.0 Å². The van der Waals surface area contributed by atoms with Crippen LogP contribution in [0.4, 0.5) is 19.1 Å². The van der Waals surface area contributed by atoms with Crippen molar-refractivity contribution in [3.8, 4) is 5.88 Å². The number of imidazole rings is 1. The molecule has 1 N–H and O–H groups in total. The zero-order chi connectivity index (χ0) is 18.9. The van der Waals surface area contributed by atoms with Crippen molar-refractivity contribution in [2.24, 2.45) is 7.05 Å². The molecule has 140 valence electrons. The van der Waals surface area contributed by atoms with Crippen LogP contribution in [0.3, 0.4) is 0 Å².